The second kappa shape index (κ2) is 5.67. The Morgan fingerprint density at radius 3 is 2.35 bits per heavy atom. The molecule has 0 aliphatic rings. The quantitative estimate of drug-likeness (QED) is 0.587. The Hall–Kier alpha value is -1.57. The van der Waals surface area contributed by atoms with E-state index in [2.05, 4.69) is 6.58 Å². The number of rotatable bonds is 4. The van der Waals surface area contributed by atoms with Crippen molar-refractivity contribution in [2.75, 3.05) is 6.61 Å². The fourth-order valence-corrected chi connectivity index (χ4v) is 1.30. The Morgan fingerprint density at radius 1 is 1.24 bits per heavy atom. The van der Waals surface area contributed by atoms with E-state index in [1.54, 1.807) is 0 Å². The number of benzene rings is 1. The second-order valence-electron chi connectivity index (χ2n) is 5.10. The first-order valence-electron chi connectivity index (χ1n) is 5.81. The molecule has 1 aromatic rings. The molecule has 0 saturated heterocycles. The summed E-state index contributed by atoms with van der Waals surface area (Å²) in [7, 11) is 0. The van der Waals surface area contributed by atoms with Crippen LogP contribution in [-0.4, -0.2) is 12.6 Å². The Morgan fingerprint density at radius 2 is 1.82 bits per heavy atom. The van der Waals surface area contributed by atoms with Gasteiger partial charge in [-0.1, -0.05) is 57.7 Å². The van der Waals surface area contributed by atoms with Gasteiger partial charge in [0.1, 0.15) is 0 Å². The lowest BCUT2D eigenvalue weighted by Crippen LogP contribution is -2.20. The summed E-state index contributed by atoms with van der Waals surface area (Å²) >= 11 is 0. The highest BCUT2D eigenvalue weighted by atomic mass is 16.5. The molecule has 0 unspecified atom stereocenters. The van der Waals surface area contributed by atoms with Crippen LogP contribution in [0, 0.1) is 5.41 Å². The zero-order valence-electron chi connectivity index (χ0n) is 10.8. The van der Waals surface area contributed by atoms with E-state index in [-0.39, 0.29) is 11.4 Å². The third kappa shape index (κ3) is 4.43. The van der Waals surface area contributed by atoms with Gasteiger partial charge >= 0.3 is 5.97 Å². The SMILES string of the molecule is C=C(C(=O)OCCc1ccccc1)C(C)(C)C. The minimum atomic E-state index is -0.298. The monoisotopic (exact) mass is 232 g/mol. The van der Waals surface area contributed by atoms with Gasteiger partial charge in [0.2, 0.25) is 0 Å². The van der Waals surface area contributed by atoms with E-state index in [4.69, 9.17) is 4.74 Å². The minimum Gasteiger partial charge on any atom is -0.462 e. The maximum Gasteiger partial charge on any atom is 0.333 e. The largest absolute Gasteiger partial charge is 0.462 e. The van der Waals surface area contributed by atoms with Crippen LogP contribution in [0.5, 0.6) is 0 Å². The van der Waals surface area contributed by atoms with E-state index in [0.717, 1.165) is 6.42 Å². The molecule has 0 aliphatic heterocycles. The highest BCUT2D eigenvalue weighted by Crippen LogP contribution is 2.24. The number of ether oxygens (including phenoxy) is 1. The maximum absolute atomic E-state index is 11.7. The third-order valence-electron chi connectivity index (χ3n) is 2.62. The summed E-state index contributed by atoms with van der Waals surface area (Å²) < 4.78 is 5.20. The zero-order chi connectivity index (χ0) is 12.9. The maximum atomic E-state index is 11.7. The summed E-state index contributed by atoms with van der Waals surface area (Å²) in [4.78, 5) is 11.7. The predicted molar refractivity (Wildman–Crippen MR) is 69.7 cm³/mol. The summed E-state index contributed by atoms with van der Waals surface area (Å²) in [5.74, 6) is -0.298. The van der Waals surface area contributed by atoms with Crippen LogP contribution in [0.3, 0.4) is 0 Å². The molecule has 0 aliphatic carbocycles. The van der Waals surface area contributed by atoms with Gasteiger partial charge in [-0.3, -0.25) is 0 Å². The van der Waals surface area contributed by atoms with Crippen LogP contribution in [0.2, 0.25) is 0 Å². The normalized spacial score (nSPS) is 11.0. The molecular weight excluding hydrogens is 212 g/mol. The lowest BCUT2D eigenvalue weighted by molar-refractivity contribution is -0.140. The van der Waals surface area contributed by atoms with Gasteiger partial charge in [-0.15, -0.1) is 0 Å². The first kappa shape index (κ1) is 13.5. The molecule has 0 aromatic heterocycles. The van der Waals surface area contributed by atoms with Gasteiger partial charge in [0, 0.05) is 12.0 Å². The Kier molecular flexibility index (Phi) is 4.50. The van der Waals surface area contributed by atoms with Crippen molar-refractivity contribution in [2.45, 2.75) is 27.2 Å². The molecule has 17 heavy (non-hydrogen) atoms. The Balaban J connectivity index is 2.38. The minimum absolute atomic E-state index is 0.232. The zero-order valence-corrected chi connectivity index (χ0v) is 10.8. The number of hydrogen-bond acceptors (Lipinski definition) is 2. The van der Waals surface area contributed by atoms with Gasteiger partial charge < -0.3 is 4.74 Å². The van der Waals surface area contributed by atoms with Crippen LogP contribution in [0.25, 0.3) is 0 Å². The van der Waals surface area contributed by atoms with Crippen LogP contribution in [0.4, 0.5) is 0 Å². The molecular formula is C15H20O2. The molecule has 0 bridgehead atoms. The summed E-state index contributed by atoms with van der Waals surface area (Å²) in [5, 5.41) is 0. The molecule has 0 N–H and O–H groups in total. The van der Waals surface area contributed by atoms with Crippen molar-refractivity contribution in [3.63, 3.8) is 0 Å². The molecule has 0 spiro atoms. The molecule has 2 nitrogen and oxygen atoms in total. The lowest BCUT2D eigenvalue weighted by atomic mass is 9.88. The molecule has 1 aromatic carbocycles. The molecule has 1 rings (SSSR count). The van der Waals surface area contributed by atoms with Crippen LogP contribution < -0.4 is 0 Å². The molecule has 92 valence electrons. The van der Waals surface area contributed by atoms with Crippen molar-refractivity contribution < 1.29 is 9.53 Å². The van der Waals surface area contributed by atoms with Crippen molar-refractivity contribution in [1.82, 2.24) is 0 Å². The van der Waals surface area contributed by atoms with Gasteiger partial charge in [-0.05, 0) is 11.0 Å². The number of hydrogen-bond donors (Lipinski definition) is 0. The highest BCUT2D eigenvalue weighted by molar-refractivity contribution is 5.88. The Bertz CT molecular complexity index is 385. The van der Waals surface area contributed by atoms with Gasteiger partial charge in [0.05, 0.1) is 6.61 Å². The fraction of sp³-hybridized carbons (Fsp3) is 0.400. The second-order valence-corrected chi connectivity index (χ2v) is 5.10. The molecule has 0 radical (unpaired) electrons. The fourth-order valence-electron chi connectivity index (χ4n) is 1.30. The van der Waals surface area contributed by atoms with Crippen LogP contribution >= 0.6 is 0 Å². The lowest BCUT2D eigenvalue weighted by Gasteiger charge is -2.20. The topological polar surface area (TPSA) is 26.3 Å². The van der Waals surface area contributed by atoms with E-state index in [9.17, 15) is 4.79 Å². The summed E-state index contributed by atoms with van der Waals surface area (Å²) in [6, 6.07) is 9.96. The van der Waals surface area contributed by atoms with E-state index < -0.39 is 0 Å². The standard InChI is InChI=1S/C15H20O2/c1-12(15(2,3)4)14(16)17-11-10-13-8-6-5-7-9-13/h5-9H,1,10-11H2,2-4H3. The van der Waals surface area contributed by atoms with E-state index in [1.165, 1.54) is 5.56 Å². The average molecular weight is 232 g/mol. The van der Waals surface area contributed by atoms with Crippen LogP contribution in [0.15, 0.2) is 42.5 Å². The number of esters is 1. The van der Waals surface area contributed by atoms with E-state index >= 15 is 0 Å². The summed E-state index contributed by atoms with van der Waals surface area (Å²) in [6.45, 7) is 10.0. The molecule has 2 heteroatoms. The molecule has 0 heterocycles. The first-order valence-corrected chi connectivity index (χ1v) is 5.81. The summed E-state index contributed by atoms with van der Waals surface area (Å²) in [5.41, 5.74) is 1.45. The van der Waals surface area contributed by atoms with Gasteiger partial charge in [0.15, 0.2) is 0 Å². The molecule has 0 fully saturated rings. The smallest absolute Gasteiger partial charge is 0.333 e. The van der Waals surface area contributed by atoms with E-state index in [0.29, 0.717) is 12.2 Å². The third-order valence-corrected chi connectivity index (χ3v) is 2.62. The van der Waals surface area contributed by atoms with Crippen molar-refractivity contribution >= 4 is 5.97 Å². The predicted octanol–water partition coefficient (Wildman–Crippen LogP) is 3.37. The van der Waals surface area contributed by atoms with Crippen molar-refractivity contribution in [3.05, 3.63) is 48.0 Å². The van der Waals surface area contributed by atoms with Crippen molar-refractivity contribution in [3.8, 4) is 0 Å². The number of carbonyl (C=O) groups excluding carboxylic acids is 1. The number of carbonyl (C=O) groups is 1. The summed E-state index contributed by atoms with van der Waals surface area (Å²) in [6.07, 6.45) is 0.740. The van der Waals surface area contributed by atoms with Crippen molar-refractivity contribution in [1.29, 1.82) is 0 Å². The average Bonchev–Trinajstić information content (AvgIpc) is 2.28. The van der Waals surface area contributed by atoms with Gasteiger partial charge in [0.25, 0.3) is 0 Å². The van der Waals surface area contributed by atoms with Gasteiger partial charge in [-0.25, -0.2) is 4.79 Å². The van der Waals surface area contributed by atoms with Gasteiger partial charge in [-0.2, -0.15) is 0 Å². The highest BCUT2D eigenvalue weighted by Gasteiger charge is 2.22. The Labute approximate surface area is 103 Å². The van der Waals surface area contributed by atoms with Crippen LogP contribution in [-0.2, 0) is 16.0 Å². The van der Waals surface area contributed by atoms with Crippen molar-refractivity contribution in [2.24, 2.45) is 5.41 Å². The molecule has 0 saturated carbocycles. The molecule has 0 amide bonds. The van der Waals surface area contributed by atoms with E-state index in [1.807, 2.05) is 51.1 Å². The molecule has 0 atom stereocenters. The van der Waals surface area contributed by atoms with Crippen LogP contribution in [0.1, 0.15) is 26.3 Å². The first-order chi connectivity index (χ1) is 7.91.